The summed E-state index contributed by atoms with van der Waals surface area (Å²) in [7, 11) is 0. The van der Waals surface area contributed by atoms with Crippen LogP contribution in [0.1, 0.15) is 18.9 Å². The number of hydrogen-bond donors (Lipinski definition) is 1. The standard InChI is InChI=1S/C17H20N2O4S/c1-2-21-7-3-6-19-16(20)13(18-17(19)24)10-12-4-5-14-15(11-12)23-9-8-22-14/h4-5,10-11H,2-3,6-9H2,1H3,(H,18,24)/b13-10+. The quantitative estimate of drug-likeness (QED) is 0.482. The minimum atomic E-state index is -0.119. The van der Waals surface area contributed by atoms with E-state index < -0.39 is 0 Å². The van der Waals surface area contributed by atoms with Crippen molar-refractivity contribution in [1.82, 2.24) is 10.2 Å². The summed E-state index contributed by atoms with van der Waals surface area (Å²) >= 11 is 5.25. The van der Waals surface area contributed by atoms with Crippen LogP contribution in [-0.2, 0) is 9.53 Å². The number of ether oxygens (including phenoxy) is 3. The number of amides is 1. The van der Waals surface area contributed by atoms with Crippen molar-refractivity contribution in [1.29, 1.82) is 0 Å². The van der Waals surface area contributed by atoms with Crippen molar-refractivity contribution in [2.45, 2.75) is 13.3 Å². The van der Waals surface area contributed by atoms with E-state index in [4.69, 9.17) is 26.4 Å². The van der Waals surface area contributed by atoms with Crippen LogP contribution >= 0.6 is 12.2 Å². The lowest BCUT2D eigenvalue weighted by Crippen LogP contribution is -2.32. The number of rotatable bonds is 6. The molecule has 128 valence electrons. The highest BCUT2D eigenvalue weighted by Gasteiger charge is 2.30. The molecule has 0 atom stereocenters. The zero-order valence-electron chi connectivity index (χ0n) is 13.5. The Morgan fingerprint density at radius 3 is 2.92 bits per heavy atom. The summed E-state index contributed by atoms with van der Waals surface area (Å²) in [6.07, 6.45) is 2.52. The molecule has 2 aliphatic heterocycles. The number of carbonyl (C=O) groups excluding carboxylic acids is 1. The zero-order valence-corrected chi connectivity index (χ0v) is 14.4. The van der Waals surface area contributed by atoms with Crippen molar-refractivity contribution in [2.75, 3.05) is 33.0 Å². The second-order valence-electron chi connectivity index (χ2n) is 5.40. The maximum atomic E-state index is 12.5. The van der Waals surface area contributed by atoms with Crippen LogP contribution in [0, 0.1) is 0 Å². The molecule has 0 radical (unpaired) electrons. The van der Waals surface area contributed by atoms with Gasteiger partial charge in [0.25, 0.3) is 5.91 Å². The summed E-state index contributed by atoms with van der Waals surface area (Å²) < 4.78 is 16.4. The largest absolute Gasteiger partial charge is 0.486 e. The summed E-state index contributed by atoms with van der Waals surface area (Å²) in [5, 5.41) is 3.41. The van der Waals surface area contributed by atoms with Crippen LogP contribution in [0.15, 0.2) is 23.9 Å². The predicted molar refractivity (Wildman–Crippen MR) is 94.0 cm³/mol. The molecule has 1 N–H and O–H groups in total. The van der Waals surface area contributed by atoms with E-state index in [1.54, 1.807) is 11.0 Å². The Kier molecular flexibility index (Phi) is 5.32. The lowest BCUT2D eigenvalue weighted by molar-refractivity contribution is -0.122. The van der Waals surface area contributed by atoms with E-state index in [1.165, 1.54) is 0 Å². The van der Waals surface area contributed by atoms with Gasteiger partial charge in [-0.2, -0.15) is 0 Å². The molecule has 0 saturated carbocycles. The monoisotopic (exact) mass is 348 g/mol. The van der Waals surface area contributed by atoms with E-state index in [0.29, 0.717) is 49.5 Å². The third-order valence-corrected chi connectivity index (χ3v) is 4.04. The molecule has 24 heavy (non-hydrogen) atoms. The molecule has 2 heterocycles. The molecule has 0 bridgehead atoms. The highest BCUT2D eigenvalue weighted by atomic mass is 32.1. The van der Waals surface area contributed by atoms with Gasteiger partial charge >= 0.3 is 0 Å². The molecule has 0 spiro atoms. The molecule has 1 aromatic rings. The van der Waals surface area contributed by atoms with Crippen LogP contribution in [0.3, 0.4) is 0 Å². The summed E-state index contributed by atoms with van der Waals surface area (Å²) in [5.74, 6) is 1.30. The number of carbonyl (C=O) groups is 1. The Morgan fingerprint density at radius 1 is 1.33 bits per heavy atom. The van der Waals surface area contributed by atoms with Gasteiger partial charge in [0.15, 0.2) is 16.6 Å². The first kappa shape index (κ1) is 16.7. The van der Waals surface area contributed by atoms with Gasteiger partial charge in [-0.1, -0.05) is 6.07 Å². The van der Waals surface area contributed by atoms with Gasteiger partial charge in [-0.15, -0.1) is 0 Å². The fourth-order valence-corrected chi connectivity index (χ4v) is 2.84. The van der Waals surface area contributed by atoms with Gasteiger partial charge in [0.1, 0.15) is 18.9 Å². The number of thiocarbonyl (C=S) groups is 1. The molecule has 0 unspecified atom stereocenters. The first-order valence-electron chi connectivity index (χ1n) is 8.01. The van der Waals surface area contributed by atoms with Gasteiger partial charge in [-0.25, -0.2) is 0 Å². The minimum Gasteiger partial charge on any atom is -0.486 e. The van der Waals surface area contributed by atoms with Gasteiger partial charge in [-0.3, -0.25) is 9.69 Å². The lowest BCUT2D eigenvalue weighted by Gasteiger charge is -2.18. The summed E-state index contributed by atoms with van der Waals surface area (Å²) in [5.41, 5.74) is 1.32. The van der Waals surface area contributed by atoms with Crippen LogP contribution in [-0.4, -0.2) is 48.9 Å². The van der Waals surface area contributed by atoms with E-state index in [1.807, 2.05) is 25.1 Å². The molecule has 1 aromatic carbocycles. The molecule has 1 saturated heterocycles. The molecule has 7 heteroatoms. The Labute approximate surface area is 146 Å². The predicted octanol–water partition coefficient (Wildman–Crippen LogP) is 1.94. The van der Waals surface area contributed by atoms with Crippen molar-refractivity contribution in [3.63, 3.8) is 0 Å². The number of fused-ring (bicyclic) bond motifs is 1. The van der Waals surface area contributed by atoms with E-state index >= 15 is 0 Å². The Balaban J connectivity index is 1.69. The molecular weight excluding hydrogens is 328 g/mol. The maximum absolute atomic E-state index is 12.5. The average molecular weight is 348 g/mol. The fourth-order valence-electron chi connectivity index (χ4n) is 2.56. The first-order chi connectivity index (χ1) is 11.7. The molecule has 1 amide bonds. The van der Waals surface area contributed by atoms with Crippen LogP contribution in [0.5, 0.6) is 11.5 Å². The van der Waals surface area contributed by atoms with Crippen molar-refractivity contribution in [2.24, 2.45) is 0 Å². The summed E-state index contributed by atoms with van der Waals surface area (Å²) in [6, 6.07) is 5.59. The molecule has 3 rings (SSSR count). The molecule has 6 nitrogen and oxygen atoms in total. The Bertz CT molecular complexity index is 675. The summed E-state index contributed by atoms with van der Waals surface area (Å²) in [6.45, 7) is 4.86. The van der Waals surface area contributed by atoms with Crippen LogP contribution < -0.4 is 14.8 Å². The van der Waals surface area contributed by atoms with Crippen molar-refractivity contribution >= 4 is 29.3 Å². The second-order valence-corrected chi connectivity index (χ2v) is 5.79. The highest BCUT2D eigenvalue weighted by Crippen LogP contribution is 2.31. The summed E-state index contributed by atoms with van der Waals surface area (Å²) in [4.78, 5) is 14.1. The van der Waals surface area contributed by atoms with Crippen LogP contribution in [0.4, 0.5) is 0 Å². The van der Waals surface area contributed by atoms with E-state index in [0.717, 1.165) is 17.7 Å². The molecule has 0 aliphatic carbocycles. The third-order valence-electron chi connectivity index (χ3n) is 3.71. The fraction of sp³-hybridized carbons (Fsp3) is 0.412. The van der Waals surface area contributed by atoms with Gasteiger partial charge < -0.3 is 19.5 Å². The van der Waals surface area contributed by atoms with Crippen molar-refractivity contribution in [3.05, 3.63) is 29.5 Å². The maximum Gasteiger partial charge on any atom is 0.276 e. The molecule has 2 aliphatic rings. The van der Waals surface area contributed by atoms with E-state index in [9.17, 15) is 4.79 Å². The SMILES string of the molecule is CCOCCCN1C(=O)/C(=C\c2ccc3c(c2)OCCO3)NC1=S. The second kappa shape index (κ2) is 7.63. The van der Waals surface area contributed by atoms with Gasteiger partial charge in [-0.05, 0) is 49.3 Å². The molecule has 0 aromatic heterocycles. The lowest BCUT2D eigenvalue weighted by atomic mass is 10.1. The van der Waals surface area contributed by atoms with E-state index in [-0.39, 0.29) is 5.91 Å². The van der Waals surface area contributed by atoms with Crippen LogP contribution in [0.25, 0.3) is 6.08 Å². The Hall–Kier alpha value is -2.12. The van der Waals surface area contributed by atoms with Gasteiger partial charge in [0.2, 0.25) is 0 Å². The normalized spacial score (nSPS) is 18.2. The first-order valence-corrected chi connectivity index (χ1v) is 8.42. The van der Waals surface area contributed by atoms with Crippen LogP contribution in [0.2, 0.25) is 0 Å². The number of nitrogens with zero attached hydrogens (tertiary/aromatic N) is 1. The van der Waals surface area contributed by atoms with E-state index in [2.05, 4.69) is 5.32 Å². The molecular formula is C17H20N2O4S. The number of benzene rings is 1. The minimum absolute atomic E-state index is 0.119. The average Bonchev–Trinajstić information content (AvgIpc) is 2.85. The Morgan fingerprint density at radius 2 is 2.12 bits per heavy atom. The van der Waals surface area contributed by atoms with Crippen molar-refractivity contribution < 1.29 is 19.0 Å². The number of hydrogen-bond acceptors (Lipinski definition) is 5. The zero-order chi connectivity index (χ0) is 16.9. The topological polar surface area (TPSA) is 60.0 Å². The highest BCUT2D eigenvalue weighted by molar-refractivity contribution is 7.80. The smallest absolute Gasteiger partial charge is 0.276 e. The van der Waals surface area contributed by atoms with Crippen molar-refractivity contribution in [3.8, 4) is 11.5 Å². The third kappa shape index (κ3) is 3.68. The number of nitrogens with one attached hydrogen (secondary N) is 1. The van der Waals surface area contributed by atoms with Gasteiger partial charge in [0, 0.05) is 19.8 Å². The molecule has 1 fully saturated rings. The van der Waals surface area contributed by atoms with Gasteiger partial charge in [0.05, 0.1) is 0 Å².